The fourth-order valence-electron chi connectivity index (χ4n) is 0.622. The smallest absolute Gasteiger partial charge is 0.0493 e. The molecule has 0 atom stereocenters. The SMILES string of the molecule is CC.CC.CC(C)=Cn1cccn1. The van der Waals surface area contributed by atoms with E-state index in [4.69, 9.17) is 0 Å². The first-order valence-corrected chi connectivity index (χ1v) is 4.93. The quantitative estimate of drug-likeness (QED) is 0.645. The third-order valence-corrected chi connectivity index (χ3v) is 0.915. The molecule has 0 aromatic carbocycles. The lowest BCUT2D eigenvalue weighted by Gasteiger charge is -1.89. The summed E-state index contributed by atoms with van der Waals surface area (Å²) in [6.07, 6.45) is 5.65. The van der Waals surface area contributed by atoms with Crippen LogP contribution in [0.15, 0.2) is 24.0 Å². The highest BCUT2D eigenvalue weighted by Crippen LogP contribution is 1.92. The number of rotatable bonds is 1. The second kappa shape index (κ2) is 11.0. The molecule has 1 aromatic heterocycles. The summed E-state index contributed by atoms with van der Waals surface area (Å²) in [6.45, 7) is 12.1. The molecule has 0 N–H and O–H groups in total. The predicted octanol–water partition coefficient (Wildman–Crippen LogP) is 3.82. The van der Waals surface area contributed by atoms with Crippen molar-refractivity contribution >= 4 is 6.20 Å². The Morgan fingerprint density at radius 3 is 2.00 bits per heavy atom. The Kier molecular flexibility index (Phi) is 12.2. The molecule has 0 saturated heterocycles. The maximum absolute atomic E-state index is 4.00. The Morgan fingerprint density at radius 2 is 1.69 bits per heavy atom. The summed E-state index contributed by atoms with van der Waals surface area (Å²) >= 11 is 0. The van der Waals surface area contributed by atoms with E-state index in [-0.39, 0.29) is 0 Å². The van der Waals surface area contributed by atoms with Crippen molar-refractivity contribution in [3.05, 3.63) is 24.0 Å². The average molecular weight is 182 g/mol. The van der Waals surface area contributed by atoms with E-state index >= 15 is 0 Å². The van der Waals surface area contributed by atoms with Crippen LogP contribution in [0.4, 0.5) is 0 Å². The Balaban J connectivity index is 0. The first kappa shape index (κ1) is 14.5. The summed E-state index contributed by atoms with van der Waals surface area (Å²) in [7, 11) is 0. The van der Waals surface area contributed by atoms with Crippen molar-refractivity contribution in [1.29, 1.82) is 0 Å². The lowest BCUT2D eigenvalue weighted by atomic mass is 10.4. The minimum Gasteiger partial charge on any atom is -0.248 e. The third kappa shape index (κ3) is 8.86. The minimum atomic E-state index is 1.25. The lowest BCUT2D eigenvalue weighted by molar-refractivity contribution is 0.927. The number of hydrogen-bond donors (Lipinski definition) is 0. The van der Waals surface area contributed by atoms with E-state index < -0.39 is 0 Å². The van der Waals surface area contributed by atoms with E-state index in [9.17, 15) is 0 Å². The molecule has 2 heteroatoms. The van der Waals surface area contributed by atoms with E-state index in [0.29, 0.717) is 0 Å². The molecule has 0 amide bonds. The molecule has 0 aliphatic carbocycles. The van der Waals surface area contributed by atoms with Crippen LogP contribution in [0.3, 0.4) is 0 Å². The Bertz CT molecular complexity index is 194. The van der Waals surface area contributed by atoms with E-state index in [1.165, 1.54) is 5.57 Å². The Hall–Kier alpha value is -1.05. The molecule has 1 aromatic rings. The van der Waals surface area contributed by atoms with Gasteiger partial charge < -0.3 is 0 Å². The summed E-state index contributed by atoms with van der Waals surface area (Å²) in [5.41, 5.74) is 1.25. The van der Waals surface area contributed by atoms with Crippen molar-refractivity contribution < 1.29 is 0 Å². The molecule has 0 aliphatic rings. The van der Waals surface area contributed by atoms with Gasteiger partial charge in [-0.05, 0) is 19.9 Å². The molecule has 0 bridgehead atoms. The van der Waals surface area contributed by atoms with Gasteiger partial charge in [-0.2, -0.15) is 5.10 Å². The molecular weight excluding hydrogens is 160 g/mol. The highest BCUT2D eigenvalue weighted by Gasteiger charge is 1.80. The number of hydrogen-bond acceptors (Lipinski definition) is 1. The van der Waals surface area contributed by atoms with Crippen LogP contribution in [-0.4, -0.2) is 9.78 Å². The highest BCUT2D eigenvalue weighted by atomic mass is 15.2. The highest BCUT2D eigenvalue weighted by molar-refractivity contribution is 5.25. The monoisotopic (exact) mass is 182 g/mol. The Labute approximate surface area is 82.3 Å². The second-order valence-electron chi connectivity index (χ2n) is 2.19. The van der Waals surface area contributed by atoms with Gasteiger partial charge in [0.15, 0.2) is 0 Å². The van der Waals surface area contributed by atoms with E-state index in [1.54, 1.807) is 10.9 Å². The van der Waals surface area contributed by atoms with Crippen molar-refractivity contribution in [1.82, 2.24) is 9.78 Å². The molecule has 13 heavy (non-hydrogen) atoms. The summed E-state index contributed by atoms with van der Waals surface area (Å²) < 4.78 is 1.79. The summed E-state index contributed by atoms with van der Waals surface area (Å²) in [6, 6.07) is 1.90. The van der Waals surface area contributed by atoms with Gasteiger partial charge in [-0.3, -0.25) is 0 Å². The molecule has 0 aliphatic heterocycles. The topological polar surface area (TPSA) is 17.8 Å². The van der Waals surface area contributed by atoms with E-state index in [2.05, 4.69) is 5.10 Å². The zero-order valence-electron chi connectivity index (χ0n) is 9.70. The molecule has 1 heterocycles. The van der Waals surface area contributed by atoms with Crippen LogP contribution in [0.2, 0.25) is 0 Å². The molecule has 0 radical (unpaired) electrons. The zero-order chi connectivity index (χ0) is 10.7. The van der Waals surface area contributed by atoms with Crippen molar-refractivity contribution in [2.45, 2.75) is 41.5 Å². The molecule has 1 rings (SSSR count). The number of allylic oxidation sites excluding steroid dienone is 1. The molecular formula is C11H22N2. The fraction of sp³-hybridized carbons (Fsp3) is 0.545. The lowest BCUT2D eigenvalue weighted by Crippen LogP contribution is -1.85. The van der Waals surface area contributed by atoms with Gasteiger partial charge in [-0.25, -0.2) is 4.68 Å². The van der Waals surface area contributed by atoms with Crippen molar-refractivity contribution in [2.75, 3.05) is 0 Å². The van der Waals surface area contributed by atoms with Gasteiger partial charge in [-0.15, -0.1) is 0 Å². The number of nitrogens with zero attached hydrogens (tertiary/aromatic N) is 2. The maximum atomic E-state index is 4.00. The molecule has 0 unspecified atom stereocenters. The predicted molar refractivity (Wildman–Crippen MR) is 60.5 cm³/mol. The van der Waals surface area contributed by atoms with Crippen LogP contribution in [0.5, 0.6) is 0 Å². The zero-order valence-corrected chi connectivity index (χ0v) is 9.70. The van der Waals surface area contributed by atoms with Gasteiger partial charge in [0.2, 0.25) is 0 Å². The fourth-order valence-corrected chi connectivity index (χ4v) is 0.622. The number of aromatic nitrogens is 2. The van der Waals surface area contributed by atoms with Gasteiger partial charge >= 0.3 is 0 Å². The first-order valence-electron chi connectivity index (χ1n) is 4.93. The van der Waals surface area contributed by atoms with Crippen LogP contribution in [0, 0.1) is 0 Å². The van der Waals surface area contributed by atoms with Crippen LogP contribution in [-0.2, 0) is 0 Å². The molecule has 0 spiro atoms. The van der Waals surface area contributed by atoms with Crippen LogP contribution < -0.4 is 0 Å². The normalized spacial score (nSPS) is 7.23. The van der Waals surface area contributed by atoms with Gasteiger partial charge in [-0.1, -0.05) is 33.3 Å². The summed E-state index contributed by atoms with van der Waals surface area (Å²) in [4.78, 5) is 0. The molecule has 0 fully saturated rings. The standard InChI is InChI=1S/C7H10N2.2C2H6/c1-7(2)6-9-5-3-4-8-9;2*1-2/h3-6H,1-2H3;2*1-2H3. The second-order valence-corrected chi connectivity index (χ2v) is 2.19. The average Bonchev–Trinajstić information content (AvgIpc) is 2.63. The van der Waals surface area contributed by atoms with Crippen LogP contribution in [0.1, 0.15) is 41.5 Å². The minimum absolute atomic E-state index is 1.25. The molecule has 76 valence electrons. The molecule has 2 nitrogen and oxygen atoms in total. The third-order valence-electron chi connectivity index (χ3n) is 0.915. The molecule has 0 saturated carbocycles. The van der Waals surface area contributed by atoms with Crippen molar-refractivity contribution in [3.8, 4) is 0 Å². The largest absolute Gasteiger partial charge is 0.248 e. The van der Waals surface area contributed by atoms with Crippen molar-refractivity contribution in [2.24, 2.45) is 0 Å². The van der Waals surface area contributed by atoms with Gasteiger partial charge in [0.25, 0.3) is 0 Å². The maximum Gasteiger partial charge on any atom is 0.0493 e. The van der Waals surface area contributed by atoms with Crippen LogP contribution >= 0.6 is 0 Å². The Morgan fingerprint density at radius 1 is 1.15 bits per heavy atom. The van der Waals surface area contributed by atoms with Crippen LogP contribution in [0.25, 0.3) is 6.20 Å². The summed E-state index contributed by atoms with van der Waals surface area (Å²) in [5, 5.41) is 4.00. The van der Waals surface area contributed by atoms with E-state index in [0.717, 1.165) is 0 Å². The van der Waals surface area contributed by atoms with E-state index in [1.807, 2.05) is 60.0 Å². The first-order chi connectivity index (χ1) is 6.29. The van der Waals surface area contributed by atoms with Gasteiger partial charge in [0.05, 0.1) is 0 Å². The van der Waals surface area contributed by atoms with Gasteiger partial charge in [0, 0.05) is 18.6 Å². The van der Waals surface area contributed by atoms with Crippen molar-refractivity contribution in [3.63, 3.8) is 0 Å². The summed E-state index contributed by atoms with van der Waals surface area (Å²) in [5.74, 6) is 0. The van der Waals surface area contributed by atoms with Gasteiger partial charge in [0.1, 0.15) is 0 Å².